The van der Waals surface area contributed by atoms with Gasteiger partial charge in [0, 0.05) is 12.2 Å². The average molecular weight is 397 g/mol. The minimum Gasteiger partial charge on any atom is -0.451 e. The smallest absolute Gasteiger partial charge is 0.329 e. The van der Waals surface area contributed by atoms with Gasteiger partial charge in [0.2, 0.25) is 0 Å². The molecule has 1 N–H and O–H groups in total. The maximum Gasteiger partial charge on any atom is 0.329 e. The number of benzene rings is 1. The number of carbonyl (C=O) groups excluding carboxylic acids is 3. The monoisotopic (exact) mass is 397 g/mol. The van der Waals surface area contributed by atoms with E-state index in [2.05, 4.69) is 5.32 Å². The molecule has 0 unspecified atom stereocenters. The van der Waals surface area contributed by atoms with Crippen LogP contribution in [0.15, 0.2) is 41.8 Å². The SMILES string of the molecule is C[C@@H](OC(=O)[C@@H]1CCCN1C(=O)c1cccs1)C(=O)Nc1ccc(C#N)cc1. The molecule has 2 amide bonds. The lowest BCUT2D eigenvalue weighted by Gasteiger charge is -2.24. The van der Waals surface area contributed by atoms with Gasteiger partial charge in [-0.1, -0.05) is 6.07 Å². The molecule has 3 rings (SSSR count). The number of hydrogen-bond donors (Lipinski definition) is 1. The Morgan fingerprint density at radius 3 is 2.68 bits per heavy atom. The van der Waals surface area contributed by atoms with Crippen LogP contribution in [0.3, 0.4) is 0 Å². The molecule has 7 nitrogen and oxygen atoms in total. The third-order valence-corrected chi connectivity index (χ3v) is 5.32. The molecule has 2 aromatic rings. The van der Waals surface area contributed by atoms with Crippen LogP contribution in [0, 0.1) is 11.3 Å². The Morgan fingerprint density at radius 2 is 2.04 bits per heavy atom. The van der Waals surface area contributed by atoms with Gasteiger partial charge >= 0.3 is 5.97 Å². The molecular formula is C20H19N3O4S. The Labute approximate surface area is 166 Å². The van der Waals surface area contributed by atoms with Crippen molar-refractivity contribution in [2.45, 2.75) is 31.9 Å². The number of anilines is 1. The van der Waals surface area contributed by atoms with Crippen molar-refractivity contribution in [1.29, 1.82) is 5.26 Å². The number of nitrogens with zero attached hydrogens (tertiary/aromatic N) is 2. The van der Waals surface area contributed by atoms with Crippen molar-refractivity contribution in [2.75, 3.05) is 11.9 Å². The number of nitriles is 1. The number of amides is 2. The number of hydrogen-bond acceptors (Lipinski definition) is 6. The first-order chi connectivity index (χ1) is 13.5. The van der Waals surface area contributed by atoms with Crippen LogP contribution in [0.5, 0.6) is 0 Å². The minimum absolute atomic E-state index is 0.191. The van der Waals surface area contributed by atoms with Gasteiger partial charge in [0.1, 0.15) is 6.04 Å². The molecule has 0 radical (unpaired) electrons. The van der Waals surface area contributed by atoms with E-state index >= 15 is 0 Å². The predicted octanol–water partition coefficient (Wildman–Crippen LogP) is 2.79. The van der Waals surface area contributed by atoms with Crippen molar-refractivity contribution in [3.8, 4) is 6.07 Å². The van der Waals surface area contributed by atoms with Crippen molar-refractivity contribution in [1.82, 2.24) is 4.90 Å². The van der Waals surface area contributed by atoms with Gasteiger partial charge in [-0.05, 0) is 55.5 Å². The second-order valence-electron chi connectivity index (χ2n) is 6.39. The van der Waals surface area contributed by atoms with Crippen LogP contribution in [-0.2, 0) is 14.3 Å². The first-order valence-corrected chi connectivity index (χ1v) is 9.73. The van der Waals surface area contributed by atoms with E-state index in [4.69, 9.17) is 10.00 Å². The van der Waals surface area contributed by atoms with Crippen LogP contribution in [0.25, 0.3) is 0 Å². The third kappa shape index (κ3) is 4.38. The highest BCUT2D eigenvalue weighted by Crippen LogP contribution is 2.23. The summed E-state index contributed by atoms with van der Waals surface area (Å²) < 4.78 is 5.32. The molecular weight excluding hydrogens is 378 g/mol. The maximum absolute atomic E-state index is 12.6. The van der Waals surface area contributed by atoms with E-state index in [1.165, 1.54) is 23.2 Å². The summed E-state index contributed by atoms with van der Waals surface area (Å²) in [7, 11) is 0. The van der Waals surface area contributed by atoms with Gasteiger partial charge in [0.15, 0.2) is 6.10 Å². The third-order valence-electron chi connectivity index (χ3n) is 4.46. The van der Waals surface area contributed by atoms with Crippen molar-refractivity contribution < 1.29 is 19.1 Å². The molecule has 2 atom stereocenters. The quantitative estimate of drug-likeness (QED) is 0.782. The summed E-state index contributed by atoms with van der Waals surface area (Å²) in [5, 5.41) is 13.3. The largest absolute Gasteiger partial charge is 0.451 e. The van der Waals surface area contributed by atoms with Crippen LogP contribution < -0.4 is 5.32 Å². The summed E-state index contributed by atoms with van der Waals surface area (Å²) >= 11 is 1.33. The zero-order valence-electron chi connectivity index (χ0n) is 15.3. The lowest BCUT2D eigenvalue weighted by atomic mass is 10.2. The molecule has 1 saturated heterocycles. The number of esters is 1. The van der Waals surface area contributed by atoms with E-state index in [1.807, 2.05) is 11.4 Å². The lowest BCUT2D eigenvalue weighted by Crippen LogP contribution is -2.43. The summed E-state index contributed by atoms with van der Waals surface area (Å²) in [5.41, 5.74) is 0.983. The Hall–Kier alpha value is -3.18. The molecule has 0 aliphatic carbocycles. The summed E-state index contributed by atoms with van der Waals surface area (Å²) in [5.74, 6) is -1.25. The van der Waals surface area contributed by atoms with E-state index in [9.17, 15) is 14.4 Å². The molecule has 1 fully saturated rings. The highest BCUT2D eigenvalue weighted by molar-refractivity contribution is 7.12. The molecule has 8 heteroatoms. The number of rotatable bonds is 5. The normalized spacial score (nSPS) is 16.9. The second-order valence-corrected chi connectivity index (χ2v) is 7.34. The molecule has 1 aromatic carbocycles. The number of nitrogens with one attached hydrogen (secondary N) is 1. The molecule has 0 saturated carbocycles. The first kappa shape index (κ1) is 19.6. The van der Waals surface area contributed by atoms with E-state index < -0.39 is 24.0 Å². The van der Waals surface area contributed by atoms with Crippen LogP contribution in [0.1, 0.15) is 35.0 Å². The summed E-state index contributed by atoms with van der Waals surface area (Å²) in [6.45, 7) is 1.97. The summed E-state index contributed by atoms with van der Waals surface area (Å²) in [4.78, 5) is 39.5. The lowest BCUT2D eigenvalue weighted by molar-refractivity contribution is -0.156. The fourth-order valence-corrected chi connectivity index (χ4v) is 3.65. The molecule has 1 aromatic heterocycles. The Balaban J connectivity index is 1.58. The fraction of sp³-hybridized carbons (Fsp3) is 0.300. The molecule has 2 heterocycles. The molecule has 28 heavy (non-hydrogen) atoms. The van der Waals surface area contributed by atoms with E-state index in [0.717, 1.165) is 0 Å². The van der Waals surface area contributed by atoms with Gasteiger partial charge < -0.3 is 15.0 Å². The van der Waals surface area contributed by atoms with Crippen LogP contribution in [0.4, 0.5) is 5.69 Å². The van der Waals surface area contributed by atoms with Crippen molar-refractivity contribution in [2.24, 2.45) is 0 Å². The molecule has 0 spiro atoms. The van der Waals surface area contributed by atoms with Gasteiger partial charge in [-0.3, -0.25) is 9.59 Å². The van der Waals surface area contributed by atoms with Crippen molar-refractivity contribution >= 4 is 34.8 Å². The van der Waals surface area contributed by atoms with Crippen molar-refractivity contribution in [3.05, 3.63) is 52.2 Å². The van der Waals surface area contributed by atoms with Gasteiger partial charge in [0.05, 0.1) is 16.5 Å². The molecule has 1 aliphatic heterocycles. The van der Waals surface area contributed by atoms with Gasteiger partial charge in [0.25, 0.3) is 11.8 Å². The Bertz CT molecular complexity index is 903. The first-order valence-electron chi connectivity index (χ1n) is 8.85. The fourth-order valence-electron chi connectivity index (χ4n) is 2.97. The number of carbonyl (C=O) groups is 3. The number of likely N-dealkylation sites (tertiary alicyclic amines) is 1. The molecule has 0 bridgehead atoms. The molecule has 144 valence electrons. The zero-order chi connectivity index (χ0) is 20.1. The predicted molar refractivity (Wildman–Crippen MR) is 104 cm³/mol. The van der Waals surface area contributed by atoms with Gasteiger partial charge in [-0.25, -0.2) is 4.79 Å². The topological polar surface area (TPSA) is 99.5 Å². The summed E-state index contributed by atoms with van der Waals surface area (Å²) in [6.07, 6.45) is 0.213. The van der Waals surface area contributed by atoms with E-state index in [-0.39, 0.29) is 5.91 Å². The van der Waals surface area contributed by atoms with E-state index in [1.54, 1.807) is 36.4 Å². The maximum atomic E-state index is 12.6. The highest BCUT2D eigenvalue weighted by atomic mass is 32.1. The number of thiophene rings is 1. The minimum atomic E-state index is -1.01. The zero-order valence-corrected chi connectivity index (χ0v) is 16.1. The van der Waals surface area contributed by atoms with E-state index in [0.29, 0.717) is 35.5 Å². The van der Waals surface area contributed by atoms with Gasteiger partial charge in [-0.2, -0.15) is 5.26 Å². The number of ether oxygens (including phenoxy) is 1. The molecule has 1 aliphatic rings. The van der Waals surface area contributed by atoms with Crippen molar-refractivity contribution in [3.63, 3.8) is 0 Å². The summed E-state index contributed by atoms with van der Waals surface area (Å²) in [6, 6.07) is 11.2. The Morgan fingerprint density at radius 1 is 1.29 bits per heavy atom. The second kappa shape index (κ2) is 8.67. The van der Waals surface area contributed by atoms with Crippen LogP contribution in [0.2, 0.25) is 0 Å². The standard InChI is InChI=1S/C20H19N3O4S/c1-13(18(24)22-15-8-6-14(12-21)7-9-15)27-20(26)16-4-2-10-23(16)19(25)17-5-3-11-28-17/h3,5-9,11,13,16H,2,4,10H2,1H3,(H,22,24)/t13-,16+/m1/s1. The average Bonchev–Trinajstić information content (AvgIpc) is 3.40. The Kier molecular flexibility index (Phi) is 6.06. The van der Waals surface area contributed by atoms with Gasteiger partial charge in [-0.15, -0.1) is 11.3 Å². The highest BCUT2D eigenvalue weighted by Gasteiger charge is 2.37. The van der Waals surface area contributed by atoms with Crippen LogP contribution >= 0.6 is 11.3 Å². The van der Waals surface area contributed by atoms with Crippen LogP contribution in [-0.4, -0.2) is 41.4 Å².